The number of H-pyrrole nitrogens is 1. The Labute approximate surface area is 151 Å². The van der Waals surface area contributed by atoms with Crippen LogP contribution in [0, 0.1) is 0 Å². The summed E-state index contributed by atoms with van der Waals surface area (Å²) in [6, 6.07) is 18.0. The molecular formula is C22H20N2O2. The van der Waals surface area contributed by atoms with E-state index in [-0.39, 0.29) is 5.91 Å². The van der Waals surface area contributed by atoms with Crippen molar-refractivity contribution in [3.05, 3.63) is 72.1 Å². The summed E-state index contributed by atoms with van der Waals surface area (Å²) in [6.45, 7) is 1.53. The van der Waals surface area contributed by atoms with Crippen molar-refractivity contribution in [2.75, 3.05) is 13.1 Å². The van der Waals surface area contributed by atoms with Crippen molar-refractivity contribution >= 4 is 27.8 Å². The number of nitrogens with zero attached hydrogens (tertiary/aromatic N) is 1. The monoisotopic (exact) mass is 344 g/mol. The third-order valence-electron chi connectivity index (χ3n) is 5.48. The highest BCUT2D eigenvalue weighted by Crippen LogP contribution is 2.33. The van der Waals surface area contributed by atoms with Crippen molar-refractivity contribution in [3.63, 3.8) is 0 Å². The van der Waals surface area contributed by atoms with E-state index >= 15 is 0 Å². The molecule has 0 atom stereocenters. The van der Waals surface area contributed by atoms with Gasteiger partial charge in [0.25, 0.3) is 5.91 Å². The van der Waals surface area contributed by atoms with Crippen LogP contribution in [-0.4, -0.2) is 28.9 Å². The quantitative estimate of drug-likeness (QED) is 0.560. The molecular weight excluding hydrogens is 324 g/mol. The van der Waals surface area contributed by atoms with Crippen LogP contribution in [0.4, 0.5) is 0 Å². The highest BCUT2D eigenvalue weighted by Gasteiger charge is 2.27. The Morgan fingerprint density at radius 2 is 1.81 bits per heavy atom. The van der Waals surface area contributed by atoms with E-state index in [9.17, 15) is 4.79 Å². The summed E-state index contributed by atoms with van der Waals surface area (Å²) < 4.78 is 5.74. The van der Waals surface area contributed by atoms with Gasteiger partial charge in [-0.2, -0.15) is 0 Å². The molecule has 5 rings (SSSR count). The lowest BCUT2D eigenvalue weighted by atomic mass is 9.89. The third kappa shape index (κ3) is 2.49. The van der Waals surface area contributed by atoms with Gasteiger partial charge in [0.05, 0.1) is 0 Å². The van der Waals surface area contributed by atoms with Gasteiger partial charge in [0.15, 0.2) is 5.76 Å². The fourth-order valence-corrected chi connectivity index (χ4v) is 4.07. The van der Waals surface area contributed by atoms with Crippen molar-refractivity contribution in [1.82, 2.24) is 9.88 Å². The standard InChI is InChI=1S/C22H20N2O2/c25-22(21-13-16-5-1-4-8-20(16)26-21)24-11-9-15(10-12-24)18-14-23-19-7-3-2-6-17(18)19/h1-8,13-15,23H,9-12H2. The van der Waals surface area contributed by atoms with Gasteiger partial charge in [-0.25, -0.2) is 0 Å². The lowest BCUT2D eigenvalue weighted by Crippen LogP contribution is -2.37. The number of rotatable bonds is 2. The Balaban J connectivity index is 1.33. The Morgan fingerprint density at radius 3 is 2.65 bits per heavy atom. The molecule has 1 fully saturated rings. The minimum absolute atomic E-state index is 0.00132. The minimum Gasteiger partial charge on any atom is -0.451 e. The maximum absolute atomic E-state index is 12.8. The molecule has 0 saturated carbocycles. The normalized spacial score (nSPS) is 15.8. The molecule has 4 aromatic rings. The van der Waals surface area contributed by atoms with Crippen LogP contribution in [0.3, 0.4) is 0 Å². The van der Waals surface area contributed by atoms with Crippen LogP contribution >= 0.6 is 0 Å². The first-order chi connectivity index (χ1) is 12.8. The van der Waals surface area contributed by atoms with Crippen LogP contribution < -0.4 is 0 Å². The fraction of sp³-hybridized carbons (Fsp3) is 0.227. The van der Waals surface area contributed by atoms with E-state index < -0.39 is 0 Å². The minimum atomic E-state index is -0.00132. The van der Waals surface area contributed by atoms with Crippen LogP contribution in [0.1, 0.15) is 34.9 Å². The molecule has 2 aromatic carbocycles. The maximum atomic E-state index is 12.8. The summed E-state index contributed by atoms with van der Waals surface area (Å²) in [5.41, 5.74) is 3.32. The molecule has 1 aliphatic rings. The molecule has 26 heavy (non-hydrogen) atoms. The number of amides is 1. The number of carbonyl (C=O) groups is 1. The summed E-state index contributed by atoms with van der Waals surface area (Å²) in [6.07, 6.45) is 4.09. The smallest absolute Gasteiger partial charge is 0.289 e. The predicted octanol–water partition coefficient (Wildman–Crippen LogP) is 4.93. The molecule has 1 amide bonds. The van der Waals surface area contributed by atoms with Gasteiger partial charge in [-0.3, -0.25) is 4.79 Å². The number of para-hydroxylation sites is 2. The zero-order valence-corrected chi connectivity index (χ0v) is 14.4. The molecule has 1 N–H and O–H groups in total. The molecule has 0 unspecified atom stereocenters. The topological polar surface area (TPSA) is 49.2 Å². The lowest BCUT2D eigenvalue weighted by Gasteiger charge is -2.31. The van der Waals surface area contributed by atoms with Gasteiger partial charge in [0.1, 0.15) is 5.58 Å². The third-order valence-corrected chi connectivity index (χ3v) is 5.48. The first kappa shape index (κ1) is 15.3. The summed E-state index contributed by atoms with van der Waals surface area (Å²) >= 11 is 0. The molecule has 1 saturated heterocycles. The lowest BCUT2D eigenvalue weighted by molar-refractivity contribution is 0.0683. The summed E-state index contributed by atoms with van der Waals surface area (Å²) in [4.78, 5) is 18.1. The molecule has 0 radical (unpaired) electrons. The first-order valence-corrected chi connectivity index (χ1v) is 9.13. The van der Waals surface area contributed by atoms with E-state index in [4.69, 9.17) is 4.42 Å². The second-order valence-electron chi connectivity index (χ2n) is 7.00. The molecule has 0 aliphatic carbocycles. The van der Waals surface area contributed by atoms with Crippen molar-refractivity contribution < 1.29 is 9.21 Å². The molecule has 1 aliphatic heterocycles. The number of benzene rings is 2. The number of carbonyl (C=O) groups excluding carboxylic acids is 1. The number of furan rings is 1. The Morgan fingerprint density at radius 1 is 1.04 bits per heavy atom. The molecule has 0 bridgehead atoms. The van der Waals surface area contributed by atoms with E-state index in [0.717, 1.165) is 36.9 Å². The summed E-state index contributed by atoms with van der Waals surface area (Å²) in [5.74, 6) is 0.932. The largest absolute Gasteiger partial charge is 0.451 e. The van der Waals surface area contributed by atoms with E-state index in [2.05, 4.69) is 35.4 Å². The fourth-order valence-electron chi connectivity index (χ4n) is 4.07. The van der Waals surface area contributed by atoms with Crippen molar-refractivity contribution in [3.8, 4) is 0 Å². The van der Waals surface area contributed by atoms with Gasteiger partial charge in [-0.05, 0) is 42.5 Å². The highest BCUT2D eigenvalue weighted by molar-refractivity contribution is 5.96. The van der Waals surface area contributed by atoms with Crippen LogP contribution in [0.15, 0.2) is 65.2 Å². The number of fused-ring (bicyclic) bond motifs is 2. The van der Waals surface area contributed by atoms with E-state index in [1.807, 2.05) is 35.2 Å². The van der Waals surface area contributed by atoms with Crippen molar-refractivity contribution in [1.29, 1.82) is 0 Å². The number of hydrogen-bond acceptors (Lipinski definition) is 2. The number of nitrogens with one attached hydrogen (secondary N) is 1. The zero-order valence-electron chi connectivity index (χ0n) is 14.4. The van der Waals surface area contributed by atoms with Gasteiger partial charge >= 0.3 is 0 Å². The van der Waals surface area contributed by atoms with E-state index in [1.165, 1.54) is 16.5 Å². The maximum Gasteiger partial charge on any atom is 0.289 e. The molecule has 0 spiro atoms. The summed E-state index contributed by atoms with van der Waals surface area (Å²) in [7, 11) is 0. The molecule has 2 aromatic heterocycles. The van der Waals surface area contributed by atoms with Gasteiger partial charge in [0, 0.05) is 35.6 Å². The second kappa shape index (κ2) is 6.06. The Bertz CT molecular complexity index is 1050. The SMILES string of the molecule is O=C(c1cc2ccccc2o1)N1CCC(c2c[nH]c3ccccc23)CC1. The van der Waals surface area contributed by atoms with Crippen LogP contribution in [-0.2, 0) is 0 Å². The molecule has 4 nitrogen and oxygen atoms in total. The molecule has 3 heterocycles. The van der Waals surface area contributed by atoms with E-state index in [1.54, 1.807) is 0 Å². The Kier molecular flexibility index (Phi) is 3.56. The average Bonchev–Trinajstić information content (AvgIpc) is 3.32. The number of piperidine rings is 1. The Hall–Kier alpha value is -3.01. The van der Waals surface area contributed by atoms with Gasteiger partial charge in [-0.15, -0.1) is 0 Å². The average molecular weight is 344 g/mol. The summed E-state index contributed by atoms with van der Waals surface area (Å²) in [5, 5.41) is 2.28. The predicted molar refractivity (Wildman–Crippen MR) is 102 cm³/mol. The van der Waals surface area contributed by atoms with Crippen LogP contribution in [0.5, 0.6) is 0 Å². The van der Waals surface area contributed by atoms with Gasteiger partial charge < -0.3 is 14.3 Å². The van der Waals surface area contributed by atoms with Crippen molar-refractivity contribution in [2.45, 2.75) is 18.8 Å². The highest BCUT2D eigenvalue weighted by atomic mass is 16.3. The first-order valence-electron chi connectivity index (χ1n) is 9.13. The zero-order chi connectivity index (χ0) is 17.5. The van der Waals surface area contributed by atoms with E-state index in [0.29, 0.717) is 11.7 Å². The molecule has 4 heteroatoms. The van der Waals surface area contributed by atoms with Crippen LogP contribution in [0.25, 0.3) is 21.9 Å². The van der Waals surface area contributed by atoms with Crippen molar-refractivity contribution in [2.24, 2.45) is 0 Å². The van der Waals surface area contributed by atoms with Gasteiger partial charge in [-0.1, -0.05) is 36.4 Å². The second-order valence-corrected chi connectivity index (χ2v) is 7.00. The van der Waals surface area contributed by atoms with Crippen LogP contribution in [0.2, 0.25) is 0 Å². The number of aromatic amines is 1. The number of hydrogen-bond donors (Lipinski definition) is 1. The number of aromatic nitrogens is 1. The van der Waals surface area contributed by atoms with Gasteiger partial charge in [0.2, 0.25) is 0 Å². The number of likely N-dealkylation sites (tertiary alicyclic amines) is 1. The molecule has 130 valence electrons.